The van der Waals surface area contributed by atoms with Crippen LogP contribution >= 0.6 is 11.8 Å². The maximum Gasteiger partial charge on any atom is 0.341 e. The number of hydrogen-bond donors (Lipinski definition) is 0. The first-order valence-electron chi connectivity index (χ1n) is 5.62. The van der Waals surface area contributed by atoms with E-state index >= 15 is 0 Å². The highest BCUT2D eigenvalue weighted by molar-refractivity contribution is 7.99. The molecule has 18 heavy (non-hydrogen) atoms. The number of sulfone groups is 1. The molecule has 1 rings (SSSR count). The highest BCUT2D eigenvalue weighted by Gasteiger charge is 2.26. The molecular formula is C12H16F2O2S2. The molecule has 0 aliphatic heterocycles. The number of hydrogen-bond acceptors (Lipinski definition) is 3. The van der Waals surface area contributed by atoms with Crippen molar-refractivity contribution in [2.75, 3.05) is 5.75 Å². The lowest BCUT2D eigenvalue weighted by Crippen LogP contribution is -2.11. The van der Waals surface area contributed by atoms with Gasteiger partial charge in [-0.05, 0) is 30.2 Å². The first-order chi connectivity index (χ1) is 8.37. The van der Waals surface area contributed by atoms with Crippen molar-refractivity contribution in [3.8, 4) is 0 Å². The summed E-state index contributed by atoms with van der Waals surface area (Å²) in [7, 11) is -4.47. The van der Waals surface area contributed by atoms with Crippen molar-refractivity contribution in [1.82, 2.24) is 0 Å². The van der Waals surface area contributed by atoms with Crippen LogP contribution in [0.4, 0.5) is 8.78 Å². The van der Waals surface area contributed by atoms with Gasteiger partial charge in [-0.2, -0.15) is 8.78 Å². The summed E-state index contributed by atoms with van der Waals surface area (Å²) in [5.41, 5.74) is 0. The standard InChI is InChI=1S/C12H16F2O2S2/c1-3-9(2)8-17-10-4-6-11(7-5-10)18(15,16)12(13)14/h4-7,9,12H,3,8H2,1-2H3. The zero-order valence-corrected chi connectivity index (χ0v) is 11.9. The number of thioether (sulfide) groups is 1. The third-order valence-electron chi connectivity index (χ3n) is 2.62. The summed E-state index contributed by atoms with van der Waals surface area (Å²) in [6.45, 7) is 4.23. The Bertz CT molecular complexity index is 469. The van der Waals surface area contributed by atoms with Gasteiger partial charge in [0, 0.05) is 10.6 Å². The Labute approximate surface area is 111 Å². The van der Waals surface area contributed by atoms with Crippen LogP contribution in [-0.4, -0.2) is 19.9 Å². The van der Waals surface area contributed by atoms with Gasteiger partial charge in [0.25, 0.3) is 0 Å². The van der Waals surface area contributed by atoms with E-state index in [1.165, 1.54) is 12.1 Å². The molecule has 0 heterocycles. The topological polar surface area (TPSA) is 34.1 Å². The molecular weight excluding hydrogens is 278 g/mol. The Balaban J connectivity index is 2.75. The predicted octanol–water partition coefficient (Wildman–Crippen LogP) is 3.82. The third kappa shape index (κ3) is 3.95. The van der Waals surface area contributed by atoms with Crippen molar-refractivity contribution in [1.29, 1.82) is 0 Å². The van der Waals surface area contributed by atoms with E-state index in [9.17, 15) is 17.2 Å². The monoisotopic (exact) mass is 294 g/mol. The van der Waals surface area contributed by atoms with Gasteiger partial charge in [-0.3, -0.25) is 0 Å². The van der Waals surface area contributed by atoms with E-state index in [1.54, 1.807) is 23.9 Å². The SMILES string of the molecule is CCC(C)CSc1ccc(S(=O)(=O)C(F)F)cc1. The molecule has 1 atom stereocenters. The molecule has 0 N–H and O–H groups in total. The lowest BCUT2D eigenvalue weighted by molar-refractivity contribution is 0.234. The Morgan fingerprint density at radius 3 is 2.22 bits per heavy atom. The predicted molar refractivity (Wildman–Crippen MR) is 69.8 cm³/mol. The number of rotatable bonds is 6. The molecule has 2 nitrogen and oxygen atoms in total. The van der Waals surface area contributed by atoms with Gasteiger partial charge in [0.1, 0.15) is 0 Å². The van der Waals surface area contributed by atoms with E-state index in [-0.39, 0.29) is 4.90 Å². The fourth-order valence-corrected chi connectivity index (χ4v) is 2.95. The first kappa shape index (κ1) is 15.4. The summed E-state index contributed by atoms with van der Waals surface area (Å²) in [6.07, 6.45) is 1.07. The van der Waals surface area contributed by atoms with Gasteiger partial charge < -0.3 is 0 Å². The fourth-order valence-electron chi connectivity index (χ4n) is 1.18. The van der Waals surface area contributed by atoms with Crippen LogP contribution in [-0.2, 0) is 9.84 Å². The lowest BCUT2D eigenvalue weighted by Gasteiger charge is -2.08. The Morgan fingerprint density at radius 1 is 1.22 bits per heavy atom. The van der Waals surface area contributed by atoms with Gasteiger partial charge in [-0.15, -0.1) is 11.8 Å². The average Bonchev–Trinajstić information content (AvgIpc) is 2.36. The van der Waals surface area contributed by atoms with Crippen molar-refractivity contribution >= 4 is 21.6 Å². The van der Waals surface area contributed by atoms with Crippen molar-refractivity contribution in [3.63, 3.8) is 0 Å². The van der Waals surface area contributed by atoms with E-state index in [1.807, 2.05) is 0 Å². The van der Waals surface area contributed by atoms with Crippen molar-refractivity contribution in [3.05, 3.63) is 24.3 Å². The van der Waals surface area contributed by atoms with Gasteiger partial charge in [-0.1, -0.05) is 20.3 Å². The summed E-state index contributed by atoms with van der Waals surface area (Å²) >= 11 is 1.60. The summed E-state index contributed by atoms with van der Waals surface area (Å²) in [5, 5.41) is 0. The Morgan fingerprint density at radius 2 is 1.78 bits per heavy atom. The van der Waals surface area contributed by atoms with Crippen LogP contribution in [0.15, 0.2) is 34.1 Å². The van der Waals surface area contributed by atoms with Gasteiger partial charge in [0.15, 0.2) is 0 Å². The minimum atomic E-state index is -4.47. The first-order valence-corrected chi connectivity index (χ1v) is 8.16. The summed E-state index contributed by atoms with van der Waals surface area (Å²) in [5.74, 6) is -1.87. The van der Waals surface area contributed by atoms with Crippen LogP contribution < -0.4 is 0 Å². The second kappa shape index (κ2) is 6.52. The number of halogens is 2. The quantitative estimate of drug-likeness (QED) is 0.748. The molecule has 1 aromatic carbocycles. The van der Waals surface area contributed by atoms with Gasteiger partial charge in [0.05, 0.1) is 4.90 Å². The maximum atomic E-state index is 12.3. The van der Waals surface area contributed by atoms with Gasteiger partial charge in [0.2, 0.25) is 9.84 Å². The Hall–Kier alpha value is -0.620. The van der Waals surface area contributed by atoms with E-state index < -0.39 is 15.6 Å². The molecule has 0 radical (unpaired) electrons. The smallest absolute Gasteiger partial charge is 0.218 e. The van der Waals surface area contributed by atoms with Crippen molar-refractivity contribution in [2.24, 2.45) is 5.92 Å². The molecule has 0 saturated heterocycles. The maximum absolute atomic E-state index is 12.3. The summed E-state index contributed by atoms with van der Waals surface area (Å²) < 4.78 is 47.0. The zero-order chi connectivity index (χ0) is 13.8. The van der Waals surface area contributed by atoms with Crippen LogP contribution in [0.5, 0.6) is 0 Å². The second-order valence-electron chi connectivity index (χ2n) is 4.10. The van der Waals surface area contributed by atoms with E-state index in [0.717, 1.165) is 17.1 Å². The molecule has 1 aromatic rings. The highest BCUT2D eigenvalue weighted by atomic mass is 32.2. The number of alkyl halides is 2. The summed E-state index contributed by atoms with van der Waals surface area (Å²) in [4.78, 5) is 0.564. The normalized spacial score (nSPS) is 13.8. The molecule has 1 unspecified atom stereocenters. The molecule has 0 bridgehead atoms. The molecule has 0 aliphatic rings. The Kier molecular flexibility index (Phi) is 5.59. The van der Waals surface area contributed by atoms with Crippen LogP contribution in [0.25, 0.3) is 0 Å². The van der Waals surface area contributed by atoms with Crippen LogP contribution in [0.1, 0.15) is 20.3 Å². The molecule has 0 aliphatic carbocycles. The van der Waals surface area contributed by atoms with Gasteiger partial charge in [-0.25, -0.2) is 8.42 Å². The van der Waals surface area contributed by atoms with Crippen LogP contribution in [0, 0.1) is 5.92 Å². The average molecular weight is 294 g/mol. The molecule has 0 saturated carbocycles. The largest absolute Gasteiger partial charge is 0.341 e. The summed E-state index contributed by atoms with van der Waals surface area (Å²) in [6, 6.07) is 5.62. The minimum absolute atomic E-state index is 0.328. The second-order valence-corrected chi connectivity index (χ2v) is 7.11. The van der Waals surface area contributed by atoms with Crippen LogP contribution in [0.2, 0.25) is 0 Å². The molecule has 0 aromatic heterocycles. The molecule has 0 fully saturated rings. The molecule has 102 valence electrons. The molecule has 0 amide bonds. The third-order valence-corrected chi connectivity index (χ3v) is 5.36. The highest BCUT2D eigenvalue weighted by Crippen LogP contribution is 2.25. The van der Waals surface area contributed by atoms with Crippen LogP contribution in [0.3, 0.4) is 0 Å². The van der Waals surface area contributed by atoms with E-state index in [2.05, 4.69) is 13.8 Å². The van der Waals surface area contributed by atoms with E-state index in [4.69, 9.17) is 0 Å². The van der Waals surface area contributed by atoms with Gasteiger partial charge >= 0.3 is 5.76 Å². The van der Waals surface area contributed by atoms with Crippen molar-refractivity contribution in [2.45, 2.75) is 35.8 Å². The fraction of sp³-hybridized carbons (Fsp3) is 0.500. The molecule has 6 heteroatoms. The molecule has 0 spiro atoms. The van der Waals surface area contributed by atoms with E-state index in [0.29, 0.717) is 5.92 Å². The number of benzene rings is 1. The zero-order valence-electron chi connectivity index (χ0n) is 10.3. The lowest BCUT2D eigenvalue weighted by atomic mass is 10.2. The minimum Gasteiger partial charge on any atom is -0.218 e. The van der Waals surface area contributed by atoms with Crippen molar-refractivity contribution < 1.29 is 17.2 Å².